The van der Waals surface area contributed by atoms with Gasteiger partial charge in [-0.2, -0.15) is 0 Å². The zero-order valence-electron chi connectivity index (χ0n) is 15.5. The molecule has 3 N–H and O–H groups in total. The molecule has 25 heavy (non-hydrogen) atoms. The maximum Gasteiger partial charge on any atom is 0.325 e. The maximum absolute atomic E-state index is 13.1. The van der Waals surface area contributed by atoms with Crippen molar-refractivity contribution in [2.75, 3.05) is 19.6 Å². The smallest absolute Gasteiger partial charge is 0.325 e. The molecule has 140 valence electrons. The fourth-order valence-electron chi connectivity index (χ4n) is 5.12. The van der Waals surface area contributed by atoms with Crippen LogP contribution in [0.2, 0.25) is 0 Å². The van der Waals surface area contributed by atoms with E-state index in [0.717, 1.165) is 24.2 Å². The van der Waals surface area contributed by atoms with Crippen LogP contribution in [-0.4, -0.2) is 58.9 Å². The summed E-state index contributed by atoms with van der Waals surface area (Å²) in [4.78, 5) is 40.8. The Balaban J connectivity index is 1.72. The quantitative estimate of drug-likeness (QED) is 0.728. The molecule has 7 heteroatoms. The van der Waals surface area contributed by atoms with E-state index in [1.807, 2.05) is 0 Å². The Kier molecular flexibility index (Phi) is 4.56. The van der Waals surface area contributed by atoms with Gasteiger partial charge in [0.2, 0.25) is 5.91 Å². The minimum atomic E-state index is -0.850. The van der Waals surface area contributed by atoms with Gasteiger partial charge in [-0.15, -0.1) is 0 Å². The Hall–Kier alpha value is -1.63. The van der Waals surface area contributed by atoms with Gasteiger partial charge < -0.3 is 16.0 Å². The van der Waals surface area contributed by atoms with Gasteiger partial charge in [-0.25, -0.2) is 4.79 Å². The lowest BCUT2D eigenvalue weighted by Crippen LogP contribution is -2.54. The molecule has 1 spiro atoms. The van der Waals surface area contributed by atoms with Gasteiger partial charge in [-0.3, -0.25) is 14.5 Å². The number of rotatable bonds is 2. The molecule has 3 fully saturated rings. The number of amides is 4. The van der Waals surface area contributed by atoms with Crippen molar-refractivity contribution < 1.29 is 14.4 Å². The van der Waals surface area contributed by atoms with Crippen LogP contribution in [0.3, 0.4) is 0 Å². The molecule has 3 atom stereocenters. The number of nitrogens with zero attached hydrogens (tertiary/aromatic N) is 2. The van der Waals surface area contributed by atoms with Crippen molar-refractivity contribution >= 4 is 17.8 Å². The zero-order chi connectivity index (χ0) is 18.4. The summed E-state index contributed by atoms with van der Waals surface area (Å²) in [5, 5.41) is 2.91. The summed E-state index contributed by atoms with van der Waals surface area (Å²) in [6.07, 6.45) is 4.06. The van der Waals surface area contributed by atoms with Gasteiger partial charge in [0.25, 0.3) is 5.91 Å². The van der Waals surface area contributed by atoms with Gasteiger partial charge in [-0.05, 0) is 43.4 Å². The van der Waals surface area contributed by atoms with E-state index in [1.54, 1.807) is 4.90 Å². The average Bonchev–Trinajstić information content (AvgIpc) is 2.68. The largest absolute Gasteiger partial charge is 0.340 e. The lowest BCUT2D eigenvalue weighted by molar-refractivity contribution is -0.141. The van der Waals surface area contributed by atoms with Crippen LogP contribution in [0.5, 0.6) is 0 Å². The summed E-state index contributed by atoms with van der Waals surface area (Å²) in [6, 6.07) is -0.461. The summed E-state index contributed by atoms with van der Waals surface area (Å²) >= 11 is 0. The number of carbonyl (C=O) groups excluding carboxylic acids is 3. The Morgan fingerprint density at radius 1 is 1.32 bits per heavy atom. The average molecular weight is 350 g/mol. The highest BCUT2D eigenvalue weighted by atomic mass is 16.2. The van der Waals surface area contributed by atoms with E-state index in [1.165, 1.54) is 0 Å². The third-order valence-corrected chi connectivity index (χ3v) is 5.73. The molecule has 3 unspecified atom stereocenters. The molecule has 3 aliphatic rings. The molecule has 1 saturated carbocycles. The first-order valence-corrected chi connectivity index (χ1v) is 9.29. The predicted octanol–water partition coefficient (Wildman–Crippen LogP) is 1.07. The van der Waals surface area contributed by atoms with Gasteiger partial charge in [0.15, 0.2) is 0 Å². The number of hydrogen-bond acceptors (Lipinski definition) is 4. The van der Waals surface area contributed by atoms with E-state index in [4.69, 9.17) is 5.73 Å². The number of nitrogens with one attached hydrogen (secondary N) is 1. The van der Waals surface area contributed by atoms with E-state index >= 15 is 0 Å². The summed E-state index contributed by atoms with van der Waals surface area (Å²) in [6.45, 7) is 7.33. The highest BCUT2D eigenvalue weighted by Crippen LogP contribution is 2.46. The minimum Gasteiger partial charge on any atom is -0.340 e. The van der Waals surface area contributed by atoms with Crippen molar-refractivity contribution in [2.45, 2.75) is 64.5 Å². The molecular weight excluding hydrogens is 320 g/mol. The summed E-state index contributed by atoms with van der Waals surface area (Å²) in [5.74, 6) is -0.0886. The second-order valence-corrected chi connectivity index (χ2v) is 9.00. The van der Waals surface area contributed by atoms with Gasteiger partial charge in [-0.1, -0.05) is 20.8 Å². The second kappa shape index (κ2) is 6.27. The molecule has 0 aromatic rings. The number of urea groups is 1. The number of imide groups is 1. The van der Waals surface area contributed by atoms with Gasteiger partial charge in [0, 0.05) is 19.1 Å². The minimum absolute atomic E-state index is 0.0136. The molecule has 0 aromatic carbocycles. The van der Waals surface area contributed by atoms with E-state index in [0.29, 0.717) is 31.8 Å². The molecule has 0 bridgehead atoms. The molecule has 0 aromatic heterocycles. The fraction of sp³-hybridized carbons (Fsp3) is 0.833. The van der Waals surface area contributed by atoms with Crippen molar-refractivity contribution in [1.29, 1.82) is 0 Å². The van der Waals surface area contributed by atoms with E-state index < -0.39 is 11.6 Å². The van der Waals surface area contributed by atoms with Crippen LogP contribution in [0.15, 0.2) is 0 Å². The van der Waals surface area contributed by atoms with Gasteiger partial charge in [0.1, 0.15) is 12.1 Å². The van der Waals surface area contributed by atoms with Crippen molar-refractivity contribution in [3.05, 3.63) is 0 Å². The summed E-state index contributed by atoms with van der Waals surface area (Å²) in [7, 11) is 0. The fourth-order valence-corrected chi connectivity index (χ4v) is 5.12. The van der Waals surface area contributed by atoms with E-state index in [2.05, 4.69) is 26.1 Å². The molecule has 0 radical (unpaired) electrons. The molecule has 3 rings (SSSR count). The maximum atomic E-state index is 13.1. The number of carbonyl (C=O) groups is 3. The highest BCUT2D eigenvalue weighted by molar-refractivity contribution is 6.09. The molecule has 7 nitrogen and oxygen atoms in total. The van der Waals surface area contributed by atoms with Crippen molar-refractivity contribution in [3.63, 3.8) is 0 Å². The molecule has 4 amide bonds. The van der Waals surface area contributed by atoms with Crippen LogP contribution < -0.4 is 11.1 Å². The third kappa shape index (κ3) is 3.52. The Morgan fingerprint density at radius 2 is 2.04 bits per heavy atom. The topological polar surface area (TPSA) is 95.7 Å². The van der Waals surface area contributed by atoms with E-state index in [-0.39, 0.29) is 29.8 Å². The normalized spacial score (nSPS) is 35.2. The first kappa shape index (κ1) is 18.2. The zero-order valence-corrected chi connectivity index (χ0v) is 15.5. The van der Waals surface area contributed by atoms with Crippen molar-refractivity contribution in [2.24, 2.45) is 17.1 Å². The number of likely N-dealkylation sites (tertiary alicyclic amines) is 1. The number of hydrogen-bond donors (Lipinski definition) is 2. The van der Waals surface area contributed by atoms with Crippen molar-refractivity contribution in [1.82, 2.24) is 15.1 Å². The van der Waals surface area contributed by atoms with Crippen LogP contribution >= 0.6 is 0 Å². The SMILES string of the molecule is CC1CC(C)(C)CC2(C1)NC(=O)N(CC(=O)N1CCCC(N)C1)C2=O. The third-order valence-electron chi connectivity index (χ3n) is 5.73. The Bertz CT molecular complexity index is 591. The number of nitrogens with two attached hydrogens (primary N) is 1. The first-order valence-electron chi connectivity index (χ1n) is 9.29. The van der Waals surface area contributed by atoms with Crippen LogP contribution in [-0.2, 0) is 9.59 Å². The predicted molar refractivity (Wildman–Crippen MR) is 93.6 cm³/mol. The molecule has 2 heterocycles. The molecule has 2 aliphatic heterocycles. The van der Waals surface area contributed by atoms with Crippen LogP contribution in [0.1, 0.15) is 52.9 Å². The molecule has 1 aliphatic carbocycles. The Morgan fingerprint density at radius 3 is 2.68 bits per heavy atom. The van der Waals surface area contributed by atoms with Crippen LogP contribution in [0.25, 0.3) is 0 Å². The lowest BCUT2D eigenvalue weighted by atomic mass is 9.64. The monoisotopic (exact) mass is 350 g/mol. The summed E-state index contributed by atoms with van der Waals surface area (Å²) in [5.41, 5.74) is 5.06. The van der Waals surface area contributed by atoms with Gasteiger partial charge in [0.05, 0.1) is 0 Å². The number of piperidine rings is 1. The summed E-state index contributed by atoms with van der Waals surface area (Å²) < 4.78 is 0. The second-order valence-electron chi connectivity index (χ2n) is 9.00. The highest BCUT2D eigenvalue weighted by Gasteiger charge is 2.56. The first-order chi connectivity index (χ1) is 11.6. The van der Waals surface area contributed by atoms with Crippen molar-refractivity contribution in [3.8, 4) is 0 Å². The molecule has 2 saturated heterocycles. The van der Waals surface area contributed by atoms with Crippen LogP contribution in [0, 0.1) is 11.3 Å². The van der Waals surface area contributed by atoms with E-state index in [9.17, 15) is 14.4 Å². The van der Waals surface area contributed by atoms with Gasteiger partial charge >= 0.3 is 6.03 Å². The lowest BCUT2D eigenvalue weighted by Gasteiger charge is -2.43. The molecular formula is C18H30N4O3. The van der Waals surface area contributed by atoms with Crippen LogP contribution in [0.4, 0.5) is 4.79 Å². The Labute approximate surface area is 149 Å². The standard InChI is InChI=1S/C18H30N4O3/c1-12-7-17(2,3)11-18(8-12)15(24)22(16(25)20-18)10-14(23)21-6-4-5-13(19)9-21/h12-13H,4-11,19H2,1-3H3,(H,20,25).